The van der Waals surface area contributed by atoms with E-state index in [-0.39, 0.29) is 5.41 Å². The molecule has 0 spiro atoms. The Morgan fingerprint density at radius 3 is 2.40 bits per heavy atom. The van der Waals surface area contributed by atoms with Gasteiger partial charge in [0.25, 0.3) is 0 Å². The second-order valence-electron chi connectivity index (χ2n) is 4.49. The van der Waals surface area contributed by atoms with E-state index < -0.39 is 0 Å². The number of ether oxygens (including phenoxy) is 3. The average Bonchev–Trinajstić information content (AvgIpc) is 2.21. The molecule has 0 radical (unpaired) electrons. The van der Waals surface area contributed by atoms with Crippen molar-refractivity contribution in [1.29, 1.82) is 0 Å². The first-order valence-corrected chi connectivity index (χ1v) is 6.33. The number of hydrogen-bond acceptors (Lipinski definition) is 3. The highest BCUT2D eigenvalue weighted by molar-refractivity contribution is 9.09. The second-order valence-corrected chi connectivity index (χ2v) is 5.59. The Kier molecular flexibility index (Phi) is 5.53. The topological polar surface area (TPSA) is 27.7 Å². The molecule has 0 aromatic heterocycles. The van der Waals surface area contributed by atoms with Gasteiger partial charge in [0.1, 0.15) is 0 Å². The van der Waals surface area contributed by atoms with Crippen molar-refractivity contribution in [2.24, 2.45) is 5.41 Å². The van der Waals surface area contributed by atoms with E-state index >= 15 is 0 Å². The summed E-state index contributed by atoms with van der Waals surface area (Å²) in [7, 11) is 1.67. The van der Waals surface area contributed by atoms with E-state index in [2.05, 4.69) is 29.8 Å². The van der Waals surface area contributed by atoms with Gasteiger partial charge in [-0.3, -0.25) is 0 Å². The van der Waals surface area contributed by atoms with Crippen LogP contribution in [0.15, 0.2) is 0 Å². The molecule has 1 fully saturated rings. The fourth-order valence-corrected chi connectivity index (χ4v) is 2.25. The molecule has 1 aliphatic carbocycles. The van der Waals surface area contributed by atoms with Crippen LogP contribution >= 0.6 is 15.9 Å². The molecule has 0 amide bonds. The second kappa shape index (κ2) is 6.18. The van der Waals surface area contributed by atoms with Crippen LogP contribution in [0.4, 0.5) is 0 Å². The van der Waals surface area contributed by atoms with Gasteiger partial charge in [-0.1, -0.05) is 29.8 Å². The molecule has 0 aromatic rings. The van der Waals surface area contributed by atoms with Crippen molar-refractivity contribution >= 4 is 15.9 Å². The maximum absolute atomic E-state index is 5.75. The van der Waals surface area contributed by atoms with Gasteiger partial charge in [-0.15, -0.1) is 0 Å². The summed E-state index contributed by atoms with van der Waals surface area (Å²) in [6.07, 6.45) is 1.47. The highest BCUT2D eigenvalue weighted by Crippen LogP contribution is 2.47. The van der Waals surface area contributed by atoms with Crippen molar-refractivity contribution in [3.8, 4) is 0 Å². The minimum Gasteiger partial charge on any atom is -0.382 e. The van der Waals surface area contributed by atoms with E-state index in [1.807, 2.05) is 0 Å². The fraction of sp³-hybridized carbons (Fsp3) is 1.00. The molecule has 0 heterocycles. The Morgan fingerprint density at radius 1 is 1.20 bits per heavy atom. The minimum absolute atomic E-state index is 0.256. The summed E-state index contributed by atoms with van der Waals surface area (Å²) in [4.78, 5) is 0.587. The van der Waals surface area contributed by atoms with Crippen LogP contribution in [0.3, 0.4) is 0 Å². The molecule has 3 nitrogen and oxygen atoms in total. The average molecular weight is 281 g/mol. The maximum Gasteiger partial charge on any atom is 0.0704 e. The van der Waals surface area contributed by atoms with Crippen molar-refractivity contribution in [3.05, 3.63) is 0 Å². The lowest BCUT2D eigenvalue weighted by atomic mass is 9.69. The molecular weight excluding hydrogens is 260 g/mol. The van der Waals surface area contributed by atoms with Crippen LogP contribution in [0, 0.1) is 5.41 Å². The van der Waals surface area contributed by atoms with Crippen LogP contribution in [0.2, 0.25) is 0 Å². The van der Waals surface area contributed by atoms with Crippen LogP contribution in [0.5, 0.6) is 0 Å². The monoisotopic (exact) mass is 280 g/mol. The molecule has 1 rings (SSSR count). The van der Waals surface area contributed by atoms with Gasteiger partial charge in [0.2, 0.25) is 0 Å². The molecule has 2 atom stereocenters. The van der Waals surface area contributed by atoms with Crippen molar-refractivity contribution in [2.75, 3.05) is 33.5 Å². The van der Waals surface area contributed by atoms with Crippen molar-refractivity contribution in [3.63, 3.8) is 0 Å². The SMILES string of the molecule is COCCOCCOC1CC(Br)C1(C)C. The Balaban J connectivity index is 1.97. The van der Waals surface area contributed by atoms with E-state index in [9.17, 15) is 0 Å². The first-order valence-electron chi connectivity index (χ1n) is 5.41. The number of alkyl halides is 1. The van der Waals surface area contributed by atoms with E-state index in [1.54, 1.807) is 7.11 Å². The van der Waals surface area contributed by atoms with Crippen LogP contribution in [-0.4, -0.2) is 44.5 Å². The zero-order valence-corrected chi connectivity index (χ0v) is 11.4. The molecule has 1 aliphatic rings. The third kappa shape index (κ3) is 3.70. The summed E-state index contributed by atoms with van der Waals surface area (Å²) >= 11 is 3.64. The highest BCUT2D eigenvalue weighted by atomic mass is 79.9. The van der Waals surface area contributed by atoms with E-state index in [0.717, 1.165) is 6.42 Å². The standard InChI is InChI=1S/C11H21BrO3/c1-11(2)9(12)8-10(11)15-7-6-14-5-4-13-3/h9-10H,4-8H2,1-3H3. The lowest BCUT2D eigenvalue weighted by Crippen LogP contribution is -2.51. The Morgan fingerprint density at radius 2 is 1.87 bits per heavy atom. The van der Waals surface area contributed by atoms with Gasteiger partial charge in [0.15, 0.2) is 0 Å². The molecule has 0 saturated heterocycles. The number of halogens is 1. The quantitative estimate of drug-likeness (QED) is 0.529. The molecule has 0 bridgehead atoms. The third-order valence-electron chi connectivity index (χ3n) is 3.04. The van der Waals surface area contributed by atoms with Crippen LogP contribution < -0.4 is 0 Å². The number of hydrogen-bond donors (Lipinski definition) is 0. The van der Waals surface area contributed by atoms with Gasteiger partial charge in [-0.25, -0.2) is 0 Å². The summed E-state index contributed by atoms with van der Waals surface area (Å²) in [5.74, 6) is 0. The van der Waals surface area contributed by atoms with Crippen LogP contribution in [-0.2, 0) is 14.2 Å². The normalized spacial score (nSPS) is 28.8. The minimum atomic E-state index is 0.256. The smallest absolute Gasteiger partial charge is 0.0704 e. The van der Waals surface area contributed by atoms with Gasteiger partial charge in [0, 0.05) is 17.4 Å². The summed E-state index contributed by atoms with van der Waals surface area (Å²) in [5, 5.41) is 0. The lowest BCUT2D eigenvalue weighted by Gasteiger charge is -2.48. The van der Waals surface area contributed by atoms with E-state index in [1.165, 1.54) is 0 Å². The van der Waals surface area contributed by atoms with Crippen molar-refractivity contribution in [1.82, 2.24) is 0 Å². The first-order chi connectivity index (χ1) is 7.09. The third-order valence-corrected chi connectivity index (χ3v) is 4.59. The fourth-order valence-electron chi connectivity index (χ4n) is 1.61. The molecule has 1 saturated carbocycles. The molecule has 0 aromatic carbocycles. The predicted molar refractivity (Wildman–Crippen MR) is 63.5 cm³/mol. The van der Waals surface area contributed by atoms with Gasteiger partial charge in [-0.05, 0) is 6.42 Å². The molecule has 15 heavy (non-hydrogen) atoms. The van der Waals surface area contributed by atoms with Crippen molar-refractivity contribution in [2.45, 2.75) is 31.2 Å². The lowest BCUT2D eigenvalue weighted by molar-refractivity contribution is -0.0998. The van der Waals surface area contributed by atoms with E-state index in [4.69, 9.17) is 14.2 Å². The highest BCUT2D eigenvalue weighted by Gasteiger charge is 2.47. The maximum atomic E-state index is 5.75. The zero-order valence-electron chi connectivity index (χ0n) is 9.79. The molecule has 90 valence electrons. The number of methoxy groups -OCH3 is 1. The number of rotatable bonds is 7. The molecule has 4 heteroatoms. The summed E-state index contributed by atoms with van der Waals surface area (Å²) in [5.41, 5.74) is 0.256. The zero-order chi connectivity index (χ0) is 11.3. The van der Waals surface area contributed by atoms with Gasteiger partial charge in [0.05, 0.1) is 32.5 Å². The molecule has 2 unspecified atom stereocenters. The van der Waals surface area contributed by atoms with Crippen LogP contribution in [0.1, 0.15) is 20.3 Å². The Bertz CT molecular complexity index is 185. The van der Waals surface area contributed by atoms with Gasteiger partial charge >= 0.3 is 0 Å². The summed E-state index contributed by atoms with van der Waals surface area (Å²) in [6, 6.07) is 0. The largest absolute Gasteiger partial charge is 0.382 e. The van der Waals surface area contributed by atoms with Gasteiger partial charge in [-0.2, -0.15) is 0 Å². The van der Waals surface area contributed by atoms with E-state index in [0.29, 0.717) is 37.4 Å². The van der Waals surface area contributed by atoms with Crippen molar-refractivity contribution < 1.29 is 14.2 Å². The summed E-state index contributed by atoms with van der Waals surface area (Å²) < 4.78 is 16.0. The molecule has 0 aliphatic heterocycles. The Labute approximate surface area is 101 Å². The molecule has 0 N–H and O–H groups in total. The summed E-state index contributed by atoms with van der Waals surface area (Å²) in [6.45, 7) is 7.09. The Hall–Kier alpha value is 0.360. The predicted octanol–water partition coefficient (Wildman–Crippen LogP) is 2.23. The van der Waals surface area contributed by atoms with Crippen LogP contribution in [0.25, 0.3) is 0 Å². The molecular formula is C11H21BrO3. The first kappa shape index (κ1) is 13.4. The van der Waals surface area contributed by atoms with Gasteiger partial charge < -0.3 is 14.2 Å².